The van der Waals surface area contributed by atoms with E-state index >= 15 is 0 Å². The summed E-state index contributed by atoms with van der Waals surface area (Å²) < 4.78 is 0. The molecule has 6 nitrogen and oxygen atoms in total. The second-order valence-corrected chi connectivity index (χ2v) is 6.75. The Balaban J connectivity index is 1.74. The van der Waals surface area contributed by atoms with Crippen LogP contribution in [0.1, 0.15) is 29.8 Å². The predicted octanol–water partition coefficient (Wildman–Crippen LogP) is 3.17. The Morgan fingerprint density at radius 3 is 2.70 bits per heavy atom. The van der Waals surface area contributed by atoms with Crippen LogP contribution in [-0.2, 0) is 11.3 Å². The summed E-state index contributed by atoms with van der Waals surface area (Å²) in [5, 5.41) is 5.78. The number of likely N-dealkylation sites (N-methyl/N-ethyl adjacent to an activating group) is 1. The van der Waals surface area contributed by atoms with Gasteiger partial charge in [0.1, 0.15) is 0 Å². The molecular formula is C21H26N4O2. The van der Waals surface area contributed by atoms with Gasteiger partial charge in [-0.3, -0.25) is 14.5 Å². The number of benzene rings is 2. The number of fused-ring (bicyclic) bond motifs is 1. The van der Waals surface area contributed by atoms with Gasteiger partial charge in [0.05, 0.1) is 17.9 Å². The number of hydrogen-bond donors (Lipinski definition) is 2. The second kappa shape index (κ2) is 8.22. The maximum Gasteiger partial charge on any atom is 0.255 e. The molecule has 2 amide bonds. The van der Waals surface area contributed by atoms with Crippen LogP contribution in [0.25, 0.3) is 0 Å². The second-order valence-electron chi connectivity index (χ2n) is 6.75. The summed E-state index contributed by atoms with van der Waals surface area (Å²) in [6, 6.07) is 13.3. The molecule has 0 atom stereocenters. The highest BCUT2D eigenvalue weighted by Crippen LogP contribution is 2.29. The van der Waals surface area contributed by atoms with Gasteiger partial charge < -0.3 is 15.5 Å². The van der Waals surface area contributed by atoms with Crippen LogP contribution in [-0.4, -0.2) is 43.4 Å². The molecule has 2 aromatic rings. The van der Waals surface area contributed by atoms with Crippen LogP contribution in [0.5, 0.6) is 0 Å². The zero-order chi connectivity index (χ0) is 19.4. The zero-order valence-electron chi connectivity index (χ0n) is 16.1. The Hall–Kier alpha value is -2.86. The molecular weight excluding hydrogens is 340 g/mol. The van der Waals surface area contributed by atoms with Crippen molar-refractivity contribution in [2.45, 2.75) is 20.4 Å². The Bertz CT molecular complexity index is 846. The van der Waals surface area contributed by atoms with Crippen molar-refractivity contribution in [2.75, 3.05) is 42.2 Å². The highest BCUT2D eigenvalue weighted by atomic mass is 16.2. The number of nitrogens with zero attached hydrogens (tertiary/aromatic N) is 2. The third-order valence-corrected chi connectivity index (χ3v) is 4.81. The molecule has 6 heteroatoms. The van der Waals surface area contributed by atoms with E-state index in [0.29, 0.717) is 17.8 Å². The van der Waals surface area contributed by atoms with Crippen LogP contribution in [0.2, 0.25) is 0 Å². The molecule has 1 heterocycles. The Morgan fingerprint density at radius 1 is 1.19 bits per heavy atom. The maximum absolute atomic E-state index is 12.7. The number of anilines is 3. The first-order valence-corrected chi connectivity index (χ1v) is 9.27. The van der Waals surface area contributed by atoms with E-state index in [2.05, 4.69) is 35.4 Å². The van der Waals surface area contributed by atoms with Gasteiger partial charge in [0.15, 0.2) is 0 Å². The Kier molecular flexibility index (Phi) is 5.76. The summed E-state index contributed by atoms with van der Waals surface area (Å²) in [7, 11) is 1.86. The summed E-state index contributed by atoms with van der Waals surface area (Å²) in [6.07, 6.45) is 0. The van der Waals surface area contributed by atoms with Crippen molar-refractivity contribution in [1.82, 2.24) is 4.90 Å². The van der Waals surface area contributed by atoms with Gasteiger partial charge in [-0.2, -0.15) is 0 Å². The topological polar surface area (TPSA) is 64.7 Å². The monoisotopic (exact) mass is 366 g/mol. The SMILES string of the molecule is CCN(CC)Cc1cccc(NC(=O)c2ccc3c(c2)NC(=O)CN3C)c1. The number of hydrogen-bond acceptors (Lipinski definition) is 4. The van der Waals surface area contributed by atoms with Crippen molar-refractivity contribution in [3.8, 4) is 0 Å². The quantitative estimate of drug-likeness (QED) is 0.824. The van der Waals surface area contributed by atoms with E-state index in [4.69, 9.17) is 0 Å². The molecule has 0 bridgehead atoms. The number of carbonyl (C=O) groups is 2. The number of amides is 2. The van der Waals surface area contributed by atoms with Gasteiger partial charge in [-0.25, -0.2) is 0 Å². The fourth-order valence-electron chi connectivity index (χ4n) is 3.26. The van der Waals surface area contributed by atoms with Crippen molar-refractivity contribution in [2.24, 2.45) is 0 Å². The average Bonchev–Trinajstić information content (AvgIpc) is 2.65. The first kappa shape index (κ1) is 18.9. The average molecular weight is 366 g/mol. The normalized spacial score (nSPS) is 13.3. The molecule has 2 N–H and O–H groups in total. The van der Waals surface area contributed by atoms with Gasteiger partial charge >= 0.3 is 0 Å². The summed E-state index contributed by atoms with van der Waals surface area (Å²) in [5.41, 5.74) is 4.02. The molecule has 1 aliphatic rings. The summed E-state index contributed by atoms with van der Waals surface area (Å²) >= 11 is 0. The Labute approximate surface area is 160 Å². The predicted molar refractivity (Wildman–Crippen MR) is 109 cm³/mol. The Morgan fingerprint density at radius 2 is 1.96 bits per heavy atom. The van der Waals surface area contributed by atoms with Crippen LogP contribution >= 0.6 is 0 Å². The lowest BCUT2D eigenvalue weighted by Crippen LogP contribution is -2.35. The largest absolute Gasteiger partial charge is 0.364 e. The molecule has 0 radical (unpaired) electrons. The van der Waals surface area contributed by atoms with E-state index in [1.807, 2.05) is 36.2 Å². The van der Waals surface area contributed by atoms with Gasteiger partial charge in [0, 0.05) is 24.8 Å². The van der Waals surface area contributed by atoms with Crippen LogP contribution in [0.4, 0.5) is 17.1 Å². The van der Waals surface area contributed by atoms with Crippen LogP contribution in [0.3, 0.4) is 0 Å². The third kappa shape index (κ3) is 4.46. The van der Waals surface area contributed by atoms with Crippen LogP contribution in [0.15, 0.2) is 42.5 Å². The zero-order valence-corrected chi connectivity index (χ0v) is 16.1. The van der Waals surface area contributed by atoms with Crippen molar-refractivity contribution in [3.05, 3.63) is 53.6 Å². The molecule has 0 fully saturated rings. The molecule has 0 aliphatic carbocycles. The number of rotatable bonds is 6. The van der Waals surface area contributed by atoms with E-state index < -0.39 is 0 Å². The molecule has 0 aromatic heterocycles. The fraction of sp³-hybridized carbons (Fsp3) is 0.333. The van der Waals surface area contributed by atoms with Crippen molar-refractivity contribution in [1.29, 1.82) is 0 Å². The van der Waals surface area contributed by atoms with Crippen LogP contribution < -0.4 is 15.5 Å². The first-order valence-electron chi connectivity index (χ1n) is 9.27. The van der Waals surface area contributed by atoms with E-state index in [1.54, 1.807) is 12.1 Å². The highest BCUT2D eigenvalue weighted by molar-refractivity contribution is 6.07. The molecule has 3 rings (SSSR count). The minimum Gasteiger partial charge on any atom is -0.364 e. The van der Waals surface area contributed by atoms with Gasteiger partial charge in [0.25, 0.3) is 5.91 Å². The summed E-state index contributed by atoms with van der Waals surface area (Å²) in [4.78, 5) is 28.6. The lowest BCUT2D eigenvalue weighted by Gasteiger charge is -2.27. The van der Waals surface area contributed by atoms with Gasteiger partial charge in [-0.15, -0.1) is 0 Å². The molecule has 0 saturated heterocycles. The molecule has 0 unspecified atom stereocenters. The minimum absolute atomic E-state index is 0.0772. The van der Waals surface area contributed by atoms with Crippen LogP contribution in [0, 0.1) is 0 Å². The summed E-state index contributed by atoms with van der Waals surface area (Å²) in [5.74, 6) is -0.271. The molecule has 142 valence electrons. The maximum atomic E-state index is 12.7. The molecule has 0 spiro atoms. The number of carbonyl (C=O) groups excluding carboxylic acids is 2. The molecule has 27 heavy (non-hydrogen) atoms. The van der Waals surface area contributed by atoms with Gasteiger partial charge in [0.2, 0.25) is 5.91 Å². The van der Waals surface area contributed by atoms with Gasteiger partial charge in [-0.05, 0) is 49.0 Å². The van der Waals surface area contributed by atoms with E-state index in [1.165, 1.54) is 0 Å². The fourth-order valence-corrected chi connectivity index (χ4v) is 3.26. The minimum atomic E-state index is -0.194. The van der Waals surface area contributed by atoms with E-state index in [9.17, 15) is 9.59 Å². The smallest absolute Gasteiger partial charge is 0.255 e. The van der Waals surface area contributed by atoms with Crippen molar-refractivity contribution >= 4 is 28.9 Å². The van der Waals surface area contributed by atoms with E-state index in [0.717, 1.165) is 36.6 Å². The highest BCUT2D eigenvalue weighted by Gasteiger charge is 2.20. The third-order valence-electron chi connectivity index (χ3n) is 4.81. The first-order chi connectivity index (χ1) is 13.0. The summed E-state index contributed by atoms with van der Waals surface area (Å²) in [6.45, 7) is 7.43. The van der Waals surface area contributed by atoms with Crippen molar-refractivity contribution in [3.63, 3.8) is 0 Å². The molecule has 1 aliphatic heterocycles. The lowest BCUT2D eigenvalue weighted by molar-refractivity contribution is -0.115. The standard InChI is InChI=1S/C21H26N4O2/c1-4-25(5-2)13-15-7-6-8-17(11-15)22-21(27)16-9-10-19-18(12-16)23-20(26)14-24(19)3/h6-12H,4-5,13-14H2,1-3H3,(H,22,27)(H,23,26). The van der Waals surface area contributed by atoms with Crippen molar-refractivity contribution < 1.29 is 9.59 Å². The van der Waals surface area contributed by atoms with Gasteiger partial charge in [-0.1, -0.05) is 26.0 Å². The molecule has 2 aromatic carbocycles. The lowest BCUT2D eigenvalue weighted by atomic mass is 10.1. The number of nitrogens with one attached hydrogen (secondary N) is 2. The molecule has 0 saturated carbocycles. The van der Waals surface area contributed by atoms with E-state index in [-0.39, 0.29) is 11.8 Å².